The van der Waals surface area contributed by atoms with Gasteiger partial charge in [-0.2, -0.15) is 0 Å². The molecular formula is C22H27FN4O3. The molecule has 0 amide bonds. The second-order valence-electron chi connectivity index (χ2n) is 6.81. The van der Waals surface area contributed by atoms with E-state index in [2.05, 4.69) is 34.0 Å². The lowest BCUT2D eigenvalue weighted by Crippen LogP contribution is -2.27. The van der Waals surface area contributed by atoms with Gasteiger partial charge in [0.05, 0.1) is 18.3 Å². The summed E-state index contributed by atoms with van der Waals surface area (Å²) < 4.78 is 25.8. The summed E-state index contributed by atoms with van der Waals surface area (Å²) in [5.74, 6) is 1.04. The molecule has 8 heteroatoms. The number of ether oxygens (including phenoxy) is 2. The number of hydrogen-bond donors (Lipinski definition) is 2. The number of rotatable bonds is 9. The largest absolute Gasteiger partial charge is 0.508 e. The molecule has 0 aliphatic heterocycles. The van der Waals surface area contributed by atoms with Crippen LogP contribution in [0.1, 0.15) is 19.4 Å². The van der Waals surface area contributed by atoms with Gasteiger partial charge in [-0.25, -0.2) is 14.4 Å². The van der Waals surface area contributed by atoms with Gasteiger partial charge in [0.25, 0.3) is 0 Å². The highest BCUT2D eigenvalue weighted by atomic mass is 19.1. The van der Waals surface area contributed by atoms with E-state index in [0.717, 1.165) is 19.6 Å². The molecule has 2 aromatic carbocycles. The standard InChI is InChI=1S/C22H27FN4O3/c1-5-27(6-2)9-10-30-20-12-17-15(11-19(20)29-4)22(25-13-24-17)26-21-14(3)18(28)8-7-16(21)23/h7-8,11-13,28H,5-6,9-10H2,1-4H3,(H,24,25,26). The first-order valence-corrected chi connectivity index (χ1v) is 9.91. The third-order valence-electron chi connectivity index (χ3n) is 5.11. The molecule has 0 spiro atoms. The number of aromatic hydroxyl groups is 1. The van der Waals surface area contributed by atoms with Crippen molar-refractivity contribution < 1.29 is 19.0 Å². The van der Waals surface area contributed by atoms with Crippen LogP contribution in [-0.4, -0.2) is 53.3 Å². The first-order valence-electron chi connectivity index (χ1n) is 9.91. The molecule has 0 atom stereocenters. The number of anilines is 2. The highest BCUT2D eigenvalue weighted by Crippen LogP contribution is 2.36. The van der Waals surface area contributed by atoms with Crippen LogP contribution in [0.3, 0.4) is 0 Å². The lowest BCUT2D eigenvalue weighted by molar-refractivity contribution is 0.217. The zero-order valence-electron chi connectivity index (χ0n) is 17.7. The fraction of sp³-hybridized carbons (Fsp3) is 0.364. The molecule has 30 heavy (non-hydrogen) atoms. The number of phenols is 1. The summed E-state index contributed by atoms with van der Waals surface area (Å²) >= 11 is 0. The Labute approximate surface area is 175 Å². The summed E-state index contributed by atoms with van der Waals surface area (Å²) in [7, 11) is 1.56. The van der Waals surface area contributed by atoms with Gasteiger partial charge < -0.3 is 24.8 Å². The van der Waals surface area contributed by atoms with E-state index in [1.165, 1.54) is 18.5 Å². The topological polar surface area (TPSA) is 79.7 Å². The highest BCUT2D eigenvalue weighted by molar-refractivity contribution is 5.93. The van der Waals surface area contributed by atoms with Crippen LogP contribution in [0.25, 0.3) is 10.9 Å². The van der Waals surface area contributed by atoms with Gasteiger partial charge in [0.15, 0.2) is 11.5 Å². The van der Waals surface area contributed by atoms with Crippen molar-refractivity contribution in [1.29, 1.82) is 0 Å². The van der Waals surface area contributed by atoms with Crippen molar-refractivity contribution in [3.05, 3.63) is 42.0 Å². The van der Waals surface area contributed by atoms with Gasteiger partial charge in [-0.05, 0) is 38.2 Å². The summed E-state index contributed by atoms with van der Waals surface area (Å²) in [6.07, 6.45) is 1.40. The Morgan fingerprint density at radius 3 is 2.60 bits per heavy atom. The molecule has 1 aromatic heterocycles. The average Bonchev–Trinajstić information content (AvgIpc) is 2.76. The molecule has 0 aliphatic carbocycles. The fourth-order valence-electron chi connectivity index (χ4n) is 3.20. The van der Waals surface area contributed by atoms with Gasteiger partial charge in [-0.3, -0.25) is 0 Å². The Kier molecular flexibility index (Phi) is 6.89. The zero-order chi connectivity index (χ0) is 21.7. The van der Waals surface area contributed by atoms with Gasteiger partial charge >= 0.3 is 0 Å². The van der Waals surface area contributed by atoms with E-state index in [1.54, 1.807) is 26.2 Å². The van der Waals surface area contributed by atoms with E-state index < -0.39 is 5.82 Å². The number of nitrogens with one attached hydrogen (secondary N) is 1. The average molecular weight is 414 g/mol. The number of methoxy groups -OCH3 is 1. The summed E-state index contributed by atoms with van der Waals surface area (Å²) in [5, 5.41) is 13.5. The minimum atomic E-state index is -0.486. The lowest BCUT2D eigenvalue weighted by atomic mass is 10.1. The number of benzene rings is 2. The Balaban J connectivity index is 1.93. The van der Waals surface area contributed by atoms with E-state index in [1.807, 2.05) is 0 Å². The highest BCUT2D eigenvalue weighted by Gasteiger charge is 2.15. The number of hydrogen-bond acceptors (Lipinski definition) is 7. The predicted octanol–water partition coefficient (Wildman–Crippen LogP) is 4.26. The number of nitrogens with zero attached hydrogens (tertiary/aromatic N) is 3. The number of likely N-dealkylation sites (N-methyl/N-ethyl adjacent to an activating group) is 1. The van der Waals surface area contributed by atoms with Crippen LogP contribution >= 0.6 is 0 Å². The van der Waals surface area contributed by atoms with Crippen LogP contribution in [-0.2, 0) is 0 Å². The summed E-state index contributed by atoms with van der Waals surface area (Å²) in [6.45, 7) is 9.11. The minimum Gasteiger partial charge on any atom is -0.508 e. The van der Waals surface area contributed by atoms with Crippen LogP contribution in [0.15, 0.2) is 30.6 Å². The van der Waals surface area contributed by atoms with Gasteiger partial charge in [0.1, 0.15) is 30.3 Å². The SMILES string of the molecule is CCN(CC)CCOc1cc2ncnc(Nc3c(F)ccc(O)c3C)c2cc1OC. The van der Waals surface area contributed by atoms with Crippen molar-refractivity contribution in [2.75, 3.05) is 38.7 Å². The molecule has 7 nitrogen and oxygen atoms in total. The van der Waals surface area contributed by atoms with Gasteiger partial charge in [-0.1, -0.05) is 13.8 Å². The van der Waals surface area contributed by atoms with Gasteiger partial charge in [-0.15, -0.1) is 0 Å². The fourth-order valence-corrected chi connectivity index (χ4v) is 3.20. The normalized spacial score (nSPS) is 11.1. The Morgan fingerprint density at radius 1 is 1.13 bits per heavy atom. The molecule has 0 fully saturated rings. The number of phenolic OH excluding ortho intramolecular Hbond substituents is 1. The van der Waals surface area contributed by atoms with Crippen molar-refractivity contribution in [3.63, 3.8) is 0 Å². The maximum atomic E-state index is 14.3. The second kappa shape index (κ2) is 9.58. The van der Waals surface area contributed by atoms with Gasteiger partial charge in [0, 0.05) is 23.6 Å². The second-order valence-corrected chi connectivity index (χ2v) is 6.81. The predicted molar refractivity (Wildman–Crippen MR) is 115 cm³/mol. The van der Waals surface area contributed by atoms with Crippen molar-refractivity contribution in [1.82, 2.24) is 14.9 Å². The first kappa shape index (κ1) is 21.6. The summed E-state index contributed by atoms with van der Waals surface area (Å²) in [6, 6.07) is 6.07. The first-order chi connectivity index (χ1) is 14.5. The number of fused-ring (bicyclic) bond motifs is 1. The summed E-state index contributed by atoms with van der Waals surface area (Å²) in [4.78, 5) is 10.8. The van der Waals surface area contributed by atoms with E-state index in [0.29, 0.717) is 40.4 Å². The number of aromatic nitrogens is 2. The molecule has 1 heterocycles. The minimum absolute atomic E-state index is 0.00118. The third kappa shape index (κ3) is 4.54. The van der Waals surface area contributed by atoms with Crippen LogP contribution in [0.2, 0.25) is 0 Å². The maximum absolute atomic E-state index is 14.3. The zero-order valence-corrected chi connectivity index (χ0v) is 17.7. The van der Waals surface area contributed by atoms with E-state index >= 15 is 0 Å². The quantitative estimate of drug-likeness (QED) is 0.542. The molecule has 0 aliphatic rings. The van der Waals surface area contributed by atoms with Crippen LogP contribution in [0, 0.1) is 12.7 Å². The molecule has 0 unspecified atom stereocenters. The molecule has 160 valence electrons. The lowest BCUT2D eigenvalue weighted by Gasteiger charge is -2.19. The molecule has 3 aromatic rings. The molecular weight excluding hydrogens is 387 g/mol. The van der Waals surface area contributed by atoms with Crippen molar-refractivity contribution in [3.8, 4) is 17.2 Å². The maximum Gasteiger partial charge on any atom is 0.163 e. The Morgan fingerprint density at radius 2 is 1.90 bits per heavy atom. The molecule has 3 rings (SSSR count). The van der Waals surface area contributed by atoms with Crippen LogP contribution in [0.5, 0.6) is 17.2 Å². The Hall–Kier alpha value is -3.13. The van der Waals surface area contributed by atoms with Crippen molar-refractivity contribution in [2.24, 2.45) is 0 Å². The van der Waals surface area contributed by atoms with E-state index in [4.69, 9.17) is 9.47 Å². The van der Waals surface area contributed by atoms with Crippen LogP contribution in [0.4, 0.5) is 15.9 Å². The molecule has 0 saturated carbocycles. The van der Waals surface area contributed by atoms with Crippen LogP contribution < -0.4 is 14.8 Å². The van der Waals surface area contributed by atoms with E-state index in [-0.39, 0.29) is 11.4 Å². The third-order valence-corrected chi connectivity index (χ3v) is 5.11. The van der Waals surface area contributed by atoms with Crippen molar-refractivity contribution in [2.45, 2.75) is 20.8 Å². The molecule has 0 radical (unpaired) electrons. The smallest absolute Gasteiger partial charge is 0.163 e. The number of halogens is 1. The van der Waals surface area contributed by atoms with Crippen molar-refractivity contribution >= 4 is 22.4 Å². The monoisotopic (exact) mass is 414 g/mol. The molecule has 0 bridgehead atoms. The van der Waals surface area contributed by atoms with Gasteiger partial charge in [0.2, 0.25) is 0 Å². The van der Waals surface area contributed by atoms with E-state index in [9.17, 15) is 9.50 Å². The Bertz CT molecular complexity index is 1020. The molecule has 2 N–H and O–H groups in total. The summed E-state index contributed by atoms with van der Waals surface area (Å²) in [5.41, 5.74) is 1.18. The molecule has 0 saturated heterocycles.